The zero-order valence-electron chi connectivity index (χ0n) is 17.5. The summed E-state index contributed by atoms with van der Waals surface area (Å²) in [5.41, 5.74) is 2.43. The minimum atomic E-state index is 0.185. The van der Waals surface area contributed by atoms with Crippen LogP contribution in [0.3, 0.4) is 0 Å². The van der Waals surface area contributed by atoms with Crippen molar-refractivity contribution in [2.24, 2.45) is 5.92 Å². The predicted octanol–water partition coefficient (Wildman–Crippen LogP) is 4.58. The Morgan fingerprint density at radius 3 is 2.41 bits per heavy atom. The standard InChI is InChI=1S/C23H31ClN4O/c1-3-17-12-25-23(26-13-17)28-9-7-20(8-10-28)29-22-6-5-19(11-21(22)24)16-27-14-18(4-2)15-27/h5-6,11-13,18,20H,3-4,7-10,14-16H2,1-2H3. The van der Waals surface area contributed by atoms with Crippen LogP contribution in [0.5, 0.6) is 5.75 Å². The van der Waals surface area contributed by atoms with E-state index >= 15 is 0 Å². The first-order valence-corrected chi connectivity index (χ1v) is 11.3. The molecule has 156 valence electrons. The molecule has 2 aliphatic rings. The molecule has 0 radical (unpaired) electrons. The molecule has 4 rings (SSSR count). The van der Waals surface area contributed by atoms with Gasteiger partial charge in [0.25, 0.3) is 0 Å². The van der Waals surface area contributed by atoms with Gasteiger partial charge >= 0.3 is 0 Å². The molecule has 3 heterocycles. The summed E-state index contributed by atoms with van der Waals surface area (Å²) in [6.45, 7) is 9.58. The fraction of sp³-hybridized carbons (Fsp3) is 0.565. The molecule has 0 spiro atoms. The number of benzene rings is 1. The van der Waals surface area contributed by atoms with Crippen molar-refractivity contribution < 1.29 is 4.74 Å². The van der Waals surface area contributed by atoms with Gasteiger partial charge in [0.1, 0.15) is 11.9 Å². The molecule has 0 bridgehead atoms. The maximum atomic E-state index is 6.53. The van der Waals surface area contributed by atoms with Crippen LogP contribution < -0.4 is 9.64 Å². The lowest BCUT2D eigenvalue weighted by atomic mass is 9.97. The number of ether oxygens (including phenoxy) is 1. The zero-order valence-corrected chi connectivity index (χ0v) is 18.2. The van der Waals surface area contributed by atoms with Gasteiger partial charge in [-0.25, -0.2) is 9.97 Å². The lowest BCUT2D eigenvalue weighted by Gasteiger charge is -2.39. The third-order valence-corrected chi connectivity index (χ3v) is 6.43. The molecule has 2 aromatic rings. The highest BCUT2D eigenvalue weighted by Crippen LogP contribution is 2.30. The minimum absolute atomic E-state index is 0.185. The van der Waals surface area contributed by atoms with Crippen LogP contribution >= 0.6 is 11.6 Å². The summed E-state index contributed by atoms with van der Waals surface area (Å²) in [6.07, 6.45) is 8.17. The summed E-state index contributed by atoms with van der Waals surface area (Å²) < 4.78 is 6.23. The van der Waals surface area contributed by atoms with Crippen molar-refractivity contribution in [1.82, 2.24) is 14.9 Å². The molecular weight excluding hydrogens is 384 g/mol. The van der Waals surface area contributed by atoms with Crippen LogP contribution in [0.4, 0.5) is 5.95 Å². The Morgan fingerprint density at radius 2 is 1.79 bits per heavy atom. The molecule has 0 unspecified atom stereocenters. The van der Waals surface area contributed by atoms with Gasteiger partial charge in [0.05, 0.1) is 5.02 Å². The maximum absolute atomic E-state index is 6.53. The molecule has 0 aliphatic carbocycles. The van der Waals surface area contributed by atoms with Gasteiger partial charge in [0.15, 0.2) is 0 Å². The van der Waals surface area contributed by atoms with Crippen molar-refractivity contribution in [3.8, 4) is 5.75 Å². The fourth-order valence-corrected chi connectivity index (χ4v) is 4.36. The Balaban J connectivity index is 1.27. The Morgan fingerprint density at radius 1 is 1.07 bits per heavy atom. The number of aryl methyl sites for hydroxylation is 1. The van der Waals surface area contributed by atoms with Crippen LogP contribution in [0.25, 0.3) is 0 Å². The Hall–Kier alpha value is -1.85. The Kier molecular flexibility index (Phi) is 6.56. The number of hydrogen-bond acceptors (Lipinski definition) is 5. The van der Waals surface area contributed by atoms with Crippen LogP contribution in [-0.4, -0.2) is 47.2 Å². The van der Waals surface area contributed by atoms with Crippen molar-refractivity contribution in [1.29, 1.82) is 0 Å². The number of nitrogens with zero attached hydrogens (tertiary/aromatic N) is 4. The van der Waals surface area contributed by atoms with Gasteiger partial charge in [-0.2, -0.15) is 0 Å². The molecule has 29 heavy (non-hydrogen) atoms. The van der Waals surface area contributed by atoms with E-state index in [9.17, 15) is 0 Å². The summed E-state index contributed by atoms with van der Waals surface area (Å²) in [4.78, 5) is 13.7. The largest absolute Gasteiger partial charge is 0.489 e. The van der Waals surface area contributed by atoms with Crippen molar-refractivity contribution in [3.63, 3.8) is 0 Å². The molecule has 2 saturated heterocycles. The molecule has 0 atom stereocenters. The van der Waals surface area contributed by atoms with Crippen molar-refractivity contribution in [2.75, 3.05) is 31.1 Å². The highest BCUT2D eigenvalue weighted by Gasteiger charge is 2.25. The van der Waals surface area contributed by atoms with Crippen molar-refractivity contribution >= 4 is 17.5 Å². The van der Waals surface area contributed by atoms with Gasteiger partial charge in [-0.3, -0.25) is 4.90 Å². The molecule has 0 N–H and O–H groups in total. The molecule has 6 heteroatoms. The maximum Gasteiger partial charge on any atom is 0.225 e. The van der Waals surface area contributed by atoms with Gasteiger partial charge in [-0.05, 0) is 35.6 Å². The van der Waals surface area contributed by atoms with E-state index in [1.165, 1.54) is 30.6 Å². The first-order valence-electron chi connectivity index (χ1n) is 10.9. The predicted molar refractivity (Wildman–Crippen MR) is 118 cm³/mol. The Labute approximate surface area is 179 Å². The van der Waals surface area contributed by atoms with E-state index < -0.39 is 0 Å². The first-order chi connectivity index (χ1) is 14.1. The van der Waals surface area contributed by atoms with E-state index in [-0.39, 0.29) is 6.10 Å². The van der Waals surface area contributed by atoms with Gasteiger partial charge in [0, 0.05) is 58.0 Å². The average molecular weight is 415 g/mol. The zero-order chi connectivity index (χ0) is 20.2. The molecule has 0 saturated carbocycles. The second-order valence-electron chi connectivity index (χ2n) is 8.28. The second kappa shape index (κ2) is 9.31. The minimum Gasteiger partial charge on any atom is -0.489 e. The van der Waals surface area contributed by atoms with Gasteiger partial charge in [-0.15, -0.1) is 0 Å². The highest BCUT2D eigenvalue weighted by atomic mass is 35.5. The summed E-state index contributed by atoms with van der Waals surface area (Å²) >= 11 is 6.53. The molecule has 2 fully saturated rings. The second-order valence-corrected chi connectivity index (χ2v) is 8.69. The molecule has 5 nitrogen and oxygen atoms in total. The molecule has 2 aliphatic heterocycles. The van der Waals surface area contributed by atoms with Crippen molar-refractivity contribution in [2.45, 2.75) is 52.2 Å². The van der Waals surface area contributed by atoms with Gasteiger partial charge in [0.2, 0.25) is 5.95 Å². The number of hydrogen-bond donors (Lipinski definition) is 0. The first kappa shape index (κ1) is 20.4. The SMILES string of the molecule is CCc1cnc(N2CCC(Oc3ccc(CN4CC(CC)C4)cc3Cl)CC2)nc1. The third kappa shape index (κ3) is 5.01. The number of rotatable bonds is 7. The number of aromatic nitrogens is 2. The summed E-state index contributed by atoms with van der Waals surface area (Å²) in [7, 11) is 0. The van der Waals surface area contributed by atoms with Crippen LogP contribution in [0.15, 0.2) is 30.6 Å². The average Bonchev–Trinajstić information content (AvgIpc) is 2.73. The van der Waals surface area contributed by atoms with Crippen LogP contribution in [0.2, 0.25) is 5.02 Å². The molecule has 1 aromatic heterocycles. The topological polar surface area (TPSA) is 41.5 Å². The van der Waals surface area contributed by atoms with E-state index in [1.807, 2.05) is 18.5 Å². The molecular formula is C23H31ClN4O. The number of anilines is 1. The summed E-state index contributed by atoms with van der Waals surface area (Å²) in [5, 5.41) is 0.719. The van der Waals surface area contributed by atoms with Crippen LogP contribution in [-0.2, 0) is 13.0 Å². The smallest absolute Gasteiger partial charge is 0.225 e. The monoisotopic (exact) mass is 414 g/mol. The van der Waals surface area contributed by atoms with E-state index in [2.05, 4.69) is 45.7 Å². The summed E-state index contributed by atoms with van der Waals surface area (Å²) in [5.74, 6) is 2.49. The fourth-order valence-electron chi connectivity index (χ4n) is 4.11. The number of halogens is 1. The van der Waals surface area contributed by atoms with Crippen LogP contribution in [0, 0.1) is 5.92 Å². The number of piperidine rings is 1. The lowest BCUT2D eigenvalue weighted by molar-refractivity contribution is 0.0898. The number of likely N-dealkylation sites (tertiary alicyclic amines) is 1. The Bertz CT molecular complexity index is 799. The van der Waals surface area contributed by atoms with Gasteiger partial charge in [-0.1, -0.05) is 37.9 Å². The highest BCUT2D eigenvalue weighted by molar-refractivity contribution is 6.32. The lowest BCUT2D eigenvalue weighted by Crippen LogP contribution is -2.45. The van der Waals surface area contributed by atoms with E-state index in [0.29, 0.717) is 0 Å². The normalized spacial score (nSPS) is 18.7. The van der Waals surface area contributed by atoms with E-state index in [1.54, 1.807) is 0 Å². The third-order valence-electron chi connectivity index (χ3n) is 6.13. The quantitative estimate of drug-likeness (QED) is 0.663. The van der Waals surface area contributed by atoms with E-state index in [0.717, 1.165) is 61.5 Å². The van der Waals surface area contributed by atoms with Gasteiger partial charge < -0.3 is 9.64 Å². The van der Waals surface area contributed by atoms with Crippen molar-refractivity contribution in [3.05, 3.63) is 46.7 Å². The molecule has 1 aromatic carbocycles. The van der Waals surface area contributed by atoms with E-state index in [4.69, 9.17) is 16.3 Å². The summed E-state index contributed by atoms with van der Waals surface area (Å²) in [6, 6.07) is 6.25. The van der Waals surface area contributed by atoms with Crippen LogP contribution in [0.1, 0.15) is 44.2 Å². The molecule has 0 amide bonds.